The van der Waals surface area contributed by atoms with Gasteiger partial charge in [-0.05, 0) is 18.8 Å². The third-order valence-corrected chi connectivity index (χ3v) is 4.12. The summed E-state index contributed by atoms with van der Waals surface area (Å²) < 4.78 is 0. The molecule has 3 atom stereocenters. The molecule has 3 unspecified atom stereocenters. The van der Waals surface area contributed by atoms with Gasteiger partial charge in [-0.3, -0.25) is 19.4 Å². The minimum atomic E-state index is -1.03. The fourth-order valence-corrected chi connectivity index (χ4v) is 3.19. The molecule has 1 saturated heterocycles. The lowest BCUT2D eigenvalue weighted by Crippen LogP contribution is -2.49. The summed E-state index contributed by atoms with van der Waals surface area (Å²) in [5, 5.41) is 8.55. The summed E-state index contributed by atoms with van der Waals surface area (Å²) >= 11 is 0. The number of likely N-dealkylation sites (tertiary alicyclic amines) is 1. The Kier molecular flexibility index (Phi) is 3.89. The number of hydrogen-bond donors (Lipinski definition) is 1. The third kappa shape index (κ3) is 2.25. The van der Waals surface area contributed by atoms with E-state index in [-0.39, 0.29) is 29.6 Å². The Morgan fingerprint density at radius 3 is 2.05 bits per heavy atom. The van der Waals surface area contributed by atoms with Crippen LogP contribution in [0, 0.1) is 17.8 Å². The average Bonchev–Trinajstić information content (AvgIpc) is 2.64. The molecule has 6 nitrogen and oxygen atoms in total. The van der Waals surface area contributed by atoms with E-state index in [1.54, 1.807) is 13.8 Å². The van der Waals surface area contributed by atoms with Crippen molar-refractivity contribution < 1.29 is 24.5 Å². The zero-order valence-corrected chi connectivity index (χ0v) is 11.2. The highest BCUT2D eigenvalue weighted by Crippen LogP contribution is 2.39. The Hall–Kier alpha value is -1.43. The van der Waals surface area contributed by atoms with Crippen molar-refractivity contribution >= 4 is 17.8 Å². The minimum Gasteiger partial charge on any atom is -0.299 e. The van der Waals surface area contributed by atoms with E-state index in [2.05, 4.69) is 4.89 Å². The summed E-state index contributed by atoms with van der Waals surface area (Å²) in [4.78, 5) is 41.1. The fourth-order valence-electron chi connectivity index (χ4n) is 3.19. The summed E-state index contributed by atoms with van der Waals surface area (Å²) in [6.07, 6.45) is 3.27. The van der Waals surface area contributed by atoms with Crippen LogP contribution in [0.4, 0.5) is 0 Å². The van der Waals surface area contributed by atoms with Crippen molar-refractivity contribution in [1.82, 2.24) is 4.90 Å². The molecule has 0 aromatic heterocycles. The van der Waals surface area contributed by atoms with Crippen molar-refractivity contribution in [2.45, 2.75) is 45.6 Å². The molecule has 2 fully saturated rings. The van der Waals surface area contributed by atoms with Crippen LogP contribution in [0.2, 0.25) is 0 Å². The Balaban J connectivity index is 2.29. The molecule has 106 valence electrons. The second kappa shape index (κ2) is 5.28. The van der Waals surface area contributed by atoms with Gasteiger partial charge in [-0.15, -0.1) is 0 Å². The molecule has 1 heterocycles. The summed E-state index contributed by atoms with van der Waals surface area (Å²) in [5.41, 5.74) is 0. The van der Waals surface area contributed by atoms with Crippen LogP contribution in [0.5, 0.6) is 0 Å². The van der Waals surface area contributed by atoms with Gasteiger partial charge in [0, 0.05) is 0 Å². The summed E-state index contributed by atoms with van der Waals surface area (Å²) in [6.45, 7) is 3.42. The standard InChI is InChI=1S/C13H19NO5/c1-7(2)10(13(17)19-18)14-11(15)8-5-3-4-6-9(8)12(14)16/h7-10,18H,3-6H2,1-2H3. The molecule has 0 aromatic carbocycles. The van der Waals surface area contributed by atoms with Gasteiger partial charge in [-0.1, -0.05) is 26.7 Å². The second-order valence-corrected chi connectivity index (χ2v) is 5.64. The van der Waals surface area contributed by atoms with Crippen molar-refractivity contribution in [3.63, 3.8) is 0 Å². The molecule has 0 aromatic rings. The quantitative estimate of drug-likeness (QED) is 0.473. The van der Waals surface area contributed by atoms with E-state index < -0.39 is 12.0 Å². The largest absolute Gasteiger partial charge is 0.365 e. The van der Waals surface area contributed by atoms with Crippen LogP contribution in [0.15, 0.2) is 0 Å². The SMILES string of the molecule is CC(C)C(C(=O)OO)N1C(=O)C2CCCCC2C1=O. The molecular formula is C13H19NO5. The molecule has 19 heavy (non-hydrogen) atoms. The maximum atomic E-state index is 12.3. The molecule has 1 aliphatic heterocycles. The molecule has 2 rings (SSSR count). The lowest BCUT2D eigenvalue weighted by Gasteiger charge is -2.26. The van der Waals surface area contributed by atoms with Crippen LogP contribution < -0.4 is 0 Å². The van der Waals surface area contributed by atoms with Crippen LogP contribution in [0.25, 0.3) is 0 Å². The number of carbonyl (C=O) groups excluding carboxylic acids is 3. The van der Waals surface area contributed by atoms with Crippen molar-refractivity contribution in [3.8, 4) is 0 Å². The second-order valence-electron chi connectivity index (χ2n) is 5.64. The van der Waals surface area contributed by atoms with Gasteiger partial charge in [-0.25, -0.2) is 4.79 Å². The zero-order chi connectivity index (χ0) is 14.2. The monoisotopic (exact) mass is 269 g/mol. The molecule has 0 radical (unpaired) electrons. The number of amides is 2. The van der Waals surface area contributed by atoms with Crippen molar-refractivity contribution in [2.75, 3.05) is 0 Å². The zero-order valence-electron chi connectivity index (χ0n) is 11.2. The van der Waals surface area contributed by atoms with Gasteiger partial charge in [0.2, 0.25) is 11.8 Å². The predicted octanol–water partition coefficient (Wildman–Crippen LogP) is 1.20. The lowest BCUT2D eigenvalue weighted by atomic mass is 9.81. The first-order chi connectivity index (χ1) is 8.99. The Morgan fingerprint density at radius 1 is 1.21 bits per heavy atom. The van der Waals surface area contributed by atoms with E-state index in [0.29, 0.717) is 12.8 Å². The minimum absolute atomic E-state index is 0.293. The van der Waals surface area contributed by atoms with Crippen LogP contribution in [-0.4, -0.2) is 34.0 Å². The highest BCUT2D eigenvalue weighted by Gasteiger charge is 2.52. The van der Waals surface area contributed by atoms with Crippen LogP contribution in [0.3, 0.4) is 0 Å². The highest BCUT2D eigenvalue weighted by molar-refractivity contribution is 6.07. The van der Waals surface area contributed by atoms with Crippen molar-refractivity contribution in [2.24, 2.45) is 17.8 Å². The number of hydrogen-bond acceptors (Lipinski definition) is 5. The highest BCUT2D eigenvalue weighted by atomic mass is 17.1. The normalized spacial score (nSPS) is 28.5. The average molecular weight is 269 g/mol. The first-order valence-corrected chi connectivity index (χ1v) is 6.71. The number of imide groups is 1. The van der Waals surface area contributed by atoms with E-state index in [4.69, 9.17) is 5.26 Å². The van der Waals surface area contributed by atoms with E-state index >= 15 is 0 Å². The fraction of sp³-hybridized carbons (Fsp3) is 0.769. The lowest BCUT2D eigenvalue weighted by molar-refractivity contribution is -0.240. The topological polar surface area (TPSA) is 83.9 Å². The Bertz CT molecular complexity index is 382. The van der Waals surface area contributed by atoms with Gasteiger partial charge in [0.1, 0.15) is 6.04 Å². The van der Waals surface area contributed by atoms with Crippen molar-refractivity contribution in [1.29, 1.82) is 0 Å². The Labute approximate surface area is 111 Å². The number of carbonyl (C=O) groups is 3. The van der Waals surface area contributed by atoms with Crippen LogP contribution in [-0.2, 0) is 19.3 Å². The number of nitrogens with zero attached hydrogens (tertiary/aromatic N) is 1. The number of rotatable bonds is 3. The maximum absolute atomic E-state index is 12.3. The van der Waals surface area contributed by atoms with E-state index in [1.807, 2.05) is 0 Å². The van der Waals surface area contributed by atoms with E-state index in [1.165, 1.54) is 0 Å². The molecule has 1 N–H and O–H groups in total. The van der Waals surface area contributed by atoms with Gasteiger partial charge in [0.25, 0.3) is 0 Å². The third-order valence-electron chi connectivity index (χ3n) is 4.12. The summed E-state index contributed by atoms with van der Waals surface area (Å²) in [6, 6.07) is -1.03. The van der Waals surface area contributed by atoms with Gasteiger partial charge < -0.3 is 0 Å². The van der Waals surface area contributed by atoms with E-state index in [9.17, 15) is 14.4 Å². The first-order valence-electron chi connectivity index (χ1n) is 6.71. The molecule has 2 amide bonds. The van der Waals surface area contributed by atoms with Crippen LogP contribution >= 0.6 is 0 Å². The van der Waals surface area contributed by atoms with Gasteiger partial charge in [0.15, 0.2) is 0 Å². The maximum Gasteiger partial charge on any atom is 0.365 e. The first kappa shape index (κ1) is 14.0. The molecule has 1 saturated carbocycles. The summed E-state index contributed by atoms with van der Waals surface area (Å²) in [7, 11) is 0. The molecule has 2 aliphatic rings. The molecule has 6 heteroatoms. The van der Waals surface area contributed by atoms with E-state index in [0.717, 1.165) is 17.7 Å². The smallest absolute Gasteiger partial charge is 0.299 e. The predicted molar refractivity (Wildman–Crippen MR) is 64.6 cm³/mol. The molecule has 1 aliphatic carbocycles. The molecule has 0 bridgehead atoms. The van der Waals surface area contributed by atoms with Gasteiger partial charge >= 0.3 is 5.97 Å². The number of fused-ring (bicyclic) bond motifs is 1. The Morgan fingerprint density at radius 2 is 1.68 bits per heavy atom. The molecule has 0 spiro atoms. The van der Waals surface area contributed by atoms with Gasteiger partial charge in [0.05, 0.1) is 11.8 Å². The van der Waals surface area contributed by atoms with Crippen molar-refractivity contribution in [3.05, 3.63) is 0 Å². The summed E-state index contributed by atoms with van der Waals surface area (Å²) in [5.74, 6) is -2.43. The van der Waals surface area contributed by atoms with Gasteiger partial charge in [-0.2, -0.15) is 5.26 Å². The van der Waals surface area contributed by atoms with Crippen LogP contribution in [0.1, 0.15) is 39.5 Å². The molecular weight excluding hydrogens is 250 g/mol.